The van der Waals surface area contributed by atoms with Gasteiger partial charge in [-0.1, -0.05) is 30.0 Å². The monoisotopic (exact) mass is 508 g/mol. The summed E-state index contributed by atoms with van der Waals surface area (Å²) in [6.07, 6.45) is 2.70. The lowest BCUT2D eigenvalue weighted by Gasteiger charge is -2.25. The number of fused-ring (bicyclic) bond motifs is 2. The van der Waals surface area contributed by atoms with E-state index in [1.54, 1.807) is 12.2 Å². The number of amides is 3. The minimum Gasteiger partial charge on any atom is -0.366 e. The van der Waals surface area contributed by atoms with Crippen molar-refractivity contribution in [3.05, 3.63) is 53.3 Å². The van der Waals surface area contributed by atoms with Crippen molar-refractivity contribution < 1.29 is 33.4 Å². The molecule has 2 heterocycles. The Hall–Kier alpha value is -3.09. The molecule has 0 radical (unpaired) electrons. The number of rotatable bonds is 4. The average Bonchev–Trinajstić information content (AvgIpc) is 2.79. The van der Waals surface area contributed by atoms with Gasteiger partial charge in [-0.25, -0.2) is 9.37 Å². The summed E-state index contributed by atoms with van der Waals surface area (Å²) in [7, 11) is 0. The number of thioether (sulfide) groups is 1. The highest BCUT2D eigenvalue weighted by Gasteiger charge is 2.25. The normalized spacial score (nSPS) is 23.6. The van der Waals surface area contributed by atoms with E-state index in [0.29, 0.717) is 12.2 Å². The second-order valence-electron chi connectivity index (χ2n) is 7.68. The van der Waals surface area contributed by atoms with Crippen LogP contribution >= 0.6 is 11.8 Å². The van der Waals surface area contributed by atoms with Gasteiger partial charge in [0.2, 0.25) is 5.91 Å². The first-order valence-electron chi connectivity index (χ1n) is 10.9. The third-order valence-electron chi connectivity index (χ3n) is 4.75. The van der Waals surface area contributed by atoms with Crippen LogP contribution in [0.3, 0.4) is 0 Å². The van der Waals surface area contributed by atoms with E-state index >= 15 is 0 Å². The zero-order valence-corrected chi connectivity index (χ0v) is 20.5. The molecule has 3 atom stereocenters. The number of aliphatic hydroxyl groups excluding tert-OH is 1. The smallest absolute Gasteiger partial charge is 0.274 e. The highest BCUT2D eigenvalue weighted by molar-refractivity contribution is 8.13. The van der Waals surface area contributed by atoms with Gasteiger partial charge >= 0.3 is 0 Å². The van der Waals surface area contributed by atoms with Gasteiger partial charge < -0.3 is 25.8 Å². The van der Waals surface area contributed by atoms with E-state index in [2.05, 4.69) is 20.9 Å². The number of aliphatic hydroxyl groups is 1. The summed E-state index contributed by atoms with van der Waals surface area (Å²) in [6.45, 7) is 4.33. The van der Waals surface area contributed by atoms with Crippen LogP contribution in [0.25, 0.3) is 0 Å². The zero-order valence-electron chi connectivity index (χ0n) is 19.7. The number of ether oxygens (including phenoxy) is 1. The molecule has 1 unspecified atom stereocenters. The van der Waals surface area contributed by atoms with Crippen LogP contribution in [-0.2, 0) is 25.7 Å². The second kappa shape index (κ2) is 13.7. The number of hydrogen-bond donors (Lipinski definition) is 4. The lowest BCUT2D eigenvalue weighted by Crippen LogP contribution is -2.46. The molecular formula is C23H29FN4O6S. The maximum Gasteiger partial charge on any atom is 0.274 e. The number of nitrogens with one attached hydrogen (secondary N) is 3. The Morgan fingerprint density at radius 3 is 2.74 bits per heavy atom. The molecule has 2 rings (SSSR count). The Balaban J connectivity index is 2.28. The number of carbonyl (C=O) groups is 4. The molecule has 0 saturated heterocycles. The van der Waals surface area contributed by atoms with Gasteiger partial charge in [0.15, 0.2) is 11.4 Å². The van der Waals surface area contributed by atoms with Crippen molar-refractivity contribution in [1.29, 1.82) is 0 Å². The van der Waals surface area contributed by atoms with Crippen molar-refractivity contribution in [3.63, 3.8) is 0 Å². The molecular weight excluding hydrogens is 479 g/mol. The molecule has 35 heavy (non-hydrogen) atoms. The standard InChI is InChI=1S/C23H29FN4O6S/c1-4-18-21(31)26-13(2)23(33)34-17(7-5-6-8-35-14(3)29)11-20(30)25-12-16-9-15(24)10-19(27-16)22(32)28-18/h4-5,7,9-10,13,17,23,33H,6,8,11-12H2,1-3H3,(H,25,30)(H,26,31)(H,28,32)/b7-5+,18-4-/t13-,17+,23?/m0/s1. The third-order valence-corrected chi connectivity index (χ3v) is 5.60. The molecule has 0 spiro atoms. The fourth-order valence-corrected chi connectivity index (χ4v) is 3.52. The molecule has 1 aromatic rings. The first-order valence-corrected chi connectivity index (χ1v) is 11.9. The lowest BCUT2D eigenvalue weighted by molar-refractivity contribution is -0.150. The van der Waals surface area contributed by atoms with E-state index in [1.807, 2.05) is 0 Å². The largest absolute Gasteiger partial charge is 0.366 e. The summed E-state index contributed by atoms with van der Waals surface area (Å²) in [5.74, 6) is -2.17. The predicted octanol–water partition coefficient (Wildman–Crippen LogP) is 1.31. The molecule has 0 aromatic carbocycles. The van der Waals surface area contributed by atoms with Gasteiger partial charge in [0.1, 0.15) is 17.2 Å². The van der Waals surface area contributed by atoms with E-state index in [9.17, 15) is 28.7 Å². The summed E-state index contributed by atoms with van der Waals surface area (Å²) >= 11 is 1.16. The second-order valence-corrected chi connectivity index (χ2v) is 8.96. The fraction of sp³-hybridized carbons (Fsp3) is 0.435. The number of carbonyl (C=O) groups excluding carboxylic acids is 4. The summed E-state index contributed by atoms with van der Waals surface area (Å²) in [5.41, 5.74) is -0.291. The molecule has 0 saturated carbocycles. The van der Waals surface area contributed by atoms with E-state index in [0.717, 1.165) is 23.9 Å². The first kappa shape index (κ1) is 28.1. The highest BCUT2D eigenvalue weighted by Crippen LogP contribution is 2.12. The molecule has 12 heteroatoms. The number of halogens is 1. The van der Waals surface area contributed by atoms with Crippen LogP contribution in [-0.4, -0.2) is 57.1 Å². The minimum atomic E-state index is -1.47. The van der Waals surface area contributed by atoms with Crippen LogP contribution in [0.1, 0.15) is 49.8 Å². The van der Waals surface area contributed by atoms with Gasteiger partial charge in [-0.05, 0) is 26.3 Å². The molecule has 2 bridgehead atoms. The Kier molecular flexibility index (Phi) is 11.0. The predicted molar refractivity (Wildman–Crippen MR) is 127 cm³/mol. The van der Waals surface area contributed by atoms with Crippen molar-refractivity contribution in [2.45, 2.75) is 58.6 Å². The molecule has 1 aromatic heterocycles. The van der Waals surface area contributed by atoms with Gasteiger partial charge in [-0.2, -0.15) is 0 Å². The summed E-state index contributed by atoms with van der Waals surface area (Å²) in [6, 6.07) is 1.09. The van der Waals surface area contributed by atoms with Crippen LogP contribution in [0, 0.1) is 5.82 Å². The number of aromatic nitrogens is 1. The van der Waals surface area contributed by atoms with Crippen molar-refractivity contribution in [2.24, 2.45) is 0 Å². The Morgan fingerprint density at radius 1 is 1.31 bits per heavy atom. The molecule has 1 aliphatic heterocycles. The maximum absolute atomic E-state index is 14.1. The Labute approximate surface area is 206 Å². The number of hydrogen-bond acceptors (Lipinski definition) is 8. The highest BCUT2D eigenvalue weighted by atomic mass is 32.2. The first-order chi connectivity index (χ1) is 16.6. The quantitative estimate of drug-likeness (QED) is 0.270. The summed E-state index contributed by atoms with van der Waals surface area (Å²) in [5, 5.41) is 17.9. The SMILES string of the molecule is C/C=C1\NC(=O)c2cc(F)cc(n2)CNC(=O)C[C@@H](/C=C/CCSC(C)=O)OC(O)[C@H](C)NC1=O. The van der Waals surface area contributed by atoms with Crippen LogP contribution in [0.2, 0.25) is 0 Å². The van der Waals surface area contributed by atoms with Crippen molar-refractivity contribution in [1.82, 2.24) is 20.9 Å². The van der Waals surface area contributed by atoms with Crippen molar-refractivity contribution in [3.8, 4) is 0 Å². The van der Waals surface area contributed by atoms with Crippen LogP contribution in [0.15, 0.2) is 36.1 Å². The molecule has 10 nitrogen and oxygen atoms in total. The van der Waals surface area contributed by atoms with Gasteiger partial charge in [0.25, 0.3) is 11.8 Å². The summed E-state index contributed by atoms with van der Waals surface area (Å²) in [4.78, 5) is 52.7. The van der Waals surface area contributed by atoms with Crippen molar-refractivity contribution in [2.75, 3.05) is 5.75 Å². The number of nitrogens with zero attached hydrogens (tertiary/aromatic N) is 1. The van der Waals surface area contributed by atoms with Crippen LogP contribution in [0.4, 0.5) is 4.39 Å². The van der Waals surface area contributed by atoms with E-state index in [-0.39, 0.29) is 35.2 Å². The molecule has 4 N–H and O–H groups in total. The molecule has 0 aliphatic carbocycles. The topological polar surface area (TPSA) is 147 Å². The average molecular weight is 509 g/mol. The molecule has 0 fully saturated rings. The van der Waals surface area contributed by atoms with Gasteiger partial charge in [0, 0.05) is 18.7 Å². The van der Waals surface area contributed by atoms with Gasteiger partial charge in [0.05, 0.1) is 30.8 Å². The molecule has 190 valence electrons. The fourth-order valence-electron chi connectivity index (χ4n) is 2.98. The van der Waals surface area contributed by atoms with Crippen LogP contribution < -0.4 is 16.0 Å². The zero-order chi connectivity index (χ0) is 26.0. The van der Waals surface area contributed by atoms with E-state index < -0.39 is 42.0 Å². The maximum atomic E-state index is 14.1. The van der Waals surface area contributed by atoms with Crippen LogP contribution in [0.5, 0.6) is 0 Å². The third kappa shape index (κ3) is 9.59. The van der Waals surface area contributed by atoms with Crippen molar-refractivity contribution >= 4 is 34.6 Å². The summed E-state index contributed by atoms with van der Waals surface area (Å²) < 4.78 is 19.7. The Bertz CT molecular complexity index is 1020. The molecule has 1 aliphatic rings. The lowest BCUT2D eigenvalue weighted by atomic mass is 10.2. The van der Waals surface area contributed by atoms with Gasteiger partial charge in [-0.15, -0.1) is 0 Å². The number of pyridine rings is 1. The Morgan fingerprint density at radius 2 is 2.06 bits per heavy atom. The van der Waals surface area contributed by atoms with E-state index in [1.165, 1.54) is 26.8 Å². The van der Waals surface area contributed by atoms with Gasteiger partial charge in [-0.3, -0.25) is 19.2 Å². The number of allylic oxidation sites excluding steroid dienone is 2. The minimum absolute atomic E-state index is 0.00970. The van der Waals surface area contributed by atoms with E-state index in [4.69, 9.17) is 4.74 Å². The molecule has 3 amide bonds.